The van der Waals surface area contributed by atoms with E-state index in [1.54, 1.807) is 0 Å². The van der Waals surface area contributed by atoms with Gasteiger partial charge in [-0.25, -0.2) is 4.79 Å². The first kappa shape index (κ1) is 17.4. The number of piperidine rings is 1. The van der Waals surface area contributed by atoms with Crippen molar-refractivity contribution in [3.8, 4) is 0 Å². The first-order valence-corrected chi connectivity index (χ1v) is 8.45. The number of carbonyl (C=O) groups excluding carboxylic acids is 3. The molecular formula is C11H18N4O7S. The predicted octanol–water partition coefficient (Wildman–Crippen LogP) is -1.06. The number of amides is 4. The molecule has 2 fully saturated rings. The first-order chi connectivity index (χ1) is 10.7. The minimum atomic E-state index is -4.82. The summed E-state index contributed by atoms with van der Waals surface area (Å²) in [6, 6.07) is -2.25. The number of hydrogen-bond acceptors (Lipinski definition) is 6. The van der Waals surface area contributed by atoms with Crippen molar-refractivity contribution in [3.63, 3.8) is 0 Å². The lowest BCUT2D eigenvalue weighted by Gasteiger charge is -2.29. The van der Waals surface area contributed by atoms with E-state index in [1.165, 1.54) is 0 Å². The van der Waals surface area contributed by atoms with Gasteiger partial charge in [-0.05, 0) is 19.3 Å². The van der Waals surface area contributed by atoms with Crippen LogP contribution in [0.5, 0.6) is 0 Å². The highest BCUT2D eigenvalue weighted by Crippen LogP contribution is 2.30. The van der Waals surface area contributed by atoms with Gasteiger partial charge < -0.3 is 4.90 Å². The lowest BCUT2D eigenvalue weighted by molar-refractivity contribution is -0.131. The van der Waals surface area contributed by atoms with Crippen LogP contribution >= 0.6 is 0 Å². The normalized spacial score (nSPS) is 23.8. The maximum Gasteiger partial charge on any atom is 0.418 e. The molecule has 0 aromatic carbocycles. The molecule has 0 aliphatic carbocycles. The summed E-state index contributed by atoms with van der Waals surface area (Å²) in [5, 5.41) is 0.554. The van der Waals surface area contributed by atoms with E-state index in [4.69, 9.17) is 4.55 Å². The van der Waals surface area contributed by atoms with Crippen molar-refractivity contribution in [2.24, 2.45) is 0 Å². The molecule has 1 unspecified atom stereocenters. The lowest BCUT2D eigenvalue weighted by atomic mass is 10.0. The van der Waals surface area contributed by atoms with Crippen LogP contribution in [0.2, 0.25) is 0 Å². The van der Waals surface area contributed by atoms with Gasteiger partial charge in [-0.2, -0.15) is 13.5 Å². The average Bonchev–Trinajstić information content (AvgIpc) is 2.69. The molecule has 2 heterocycles. The Bertz CT molecular complexity index is 607. The topological polar surface area (TPSA) is 145 Å². The molecule has 2 saturated heterocycles. The number of hydroxylamine groups is 2. The second-order valence-electron chi connectivity index (χ2n) is 5.30. The molecule has 130 valence electrons. The molecule has 0 spiro atoms. The SMILES string of the molecule is CCCC(=O)NNC(=O)[C@@H]1CCC2CN1C(=O)N2OS(=O)(=O)O. The van der Waals surface area contributed by atoms with Crippen LogP contribution in [0.1, 0.15) is 32.6 Å². The molecule has 3 N–H and O–H groups in total. The number of nitrogens with one attached hydrogen (secondary N) is 2. The van der Waals surface area contributed by atoms with E-state index in [-0.39, 0.29) is 25.3 Å². The molecule has 2 rings (SSSR count). The van der Waals surface area contributed by atoms with Crippen LogP contribution in [0.4, 0.5) is 4.79 Å². The zero-order valence-electron chi connectivity index (χ0n) is 12.4. The number of carbonyl (C=O) groups is 3. The van der Waals surface area contributed by atoms with E-state index in [9.17, 15) is 22.8 Å². The standard InChI is InChI=1S/C11H18N4O7S/c1-2-3-9(16)12-13-10(17)8-5-4-7-6-14(8)11(18)15(7)22-23(19,20)21/h7-8H,2-6H2,1H3,(H,12,16)(H,13,17)(H,19,20,21)/t7?,8-/m0/s1. The van der Waals surface area contributed by atoms with Gasteiger partial charge in [0.05, 0.1) is 6.04 Å². The summed E-state index contributed by atoms with van der Waals surface area (Å²) in [5.74, 6) is -0.923. The van der Waals surface area contributed by atoms with Gasteiger partial charge in [-0.15, -0.1) is 4.28 Å². The number of urea groups is 1. The van der Waals surface area contributed by atoms with Gasteiger partial charge in [-0.1, -0.05) is 6.92 Å². The zero-order chi connectivity index (χ0) is 17.2. The van der Waals surface area contributed by atoms with Crippen molar-refractivity contribution in [1.29, 1.82) is 0 Å². The van der Waals surface area contributed by atoms with Gasteiger partial charge in [0.1, 0.15) is 6.04 Å². The molecule has 11 nitrogen and oxygen atoms in total. The quantitative estimate of drug-likeness (QED) is 0.423. The van der Waals surface area contributed by atoms with Crippen molar-refractivity contribution >= 4 is 28.2 Å². The van der Waals surface area contributed by atoms with Gasteiger partial charge >= 0.3 is 16.4 Å². The van der Waals surface area contributed by atoms with Crippen molar-refractivity contribution in [3.05, 3.63) is 0 Å². The van der Waals surface area contributed by atoms with Crippen molar-refractivity contribution < 1.29 is 31.6 Å². The Balaban J connectivity index is 1.98. The minimum absolute atomic E-state index is 0.0926. The summed E-state index contributed by atoms with van der Waals surface area (Å²) >= 11 is 0. The van der Waals surface area contributed by atoms with Crippen LogP contribution in [0, 0.1) is 0 Å². The third kappa shape index (κ3) is 4.09. The van der Waals surface area contributed by atoms with Crippen LogP contribution in [0.3, 0.4) is 0 Å². The smallest absolute Gasteiger partial charge is 0.309 e. The second-order valence-corrected chi connectivity index (χ2v) is 6.30. The predicted molar refractivity (Wildman–Crippen MR) is 74.6 cm³/mol. The summed E-state index contributed by atoms with van der Waals surface area (Å²) in [7, 11) is -4.82. The number of hydrazine groups is 1. The Morgan fingerprint density at radius 3 is 2.65 bits per heavy atom. The van der Waals surface area contributed by atoms with Gasteiger partial charge in [0.2, 0.25) is 5.91 Å². The maximum atomic E-state index is 12.1. The Morgan fingerprint density at radius 1 is 1.35 bits per heavy atom. The summed E-state index contributed by atoms with van der Waals surface area (Å²) in [6.07, 6.45) is 1.47. The molecule has 2 bridgehead atoms. The van der Waals surface area contributed by atoms with E-state index < -0.39 is 34.4 Å². The molecule has 4 amide bonds. The van der Waals surface area contributed by atoms with E-state index >= 15 is 0 Å². The van der Waals surface area contributed by atoms with Crippen molar-refractivity contribution in [2.75, 3.05) is 6.54 Å². The zero-order valence-corrected chi connectivity index (χ0v) is 13.2. The van der Waals surface area contributed by atoms with Crippen LogP contribution < -0.4 is 10.9 Å². The van der Waals surface area contributed by atoms with Crippen LogP contribution in [0.15, 0.2) is 0 Å². The second kappa shape index (κ2) is 6.68. The minimum Gasteiger partial charge on any atom is -0.309 e. The Labute approximate surface area is 132 Å². The van der Waals surface area contributed by atoms with Gasteiger partial charge in [0.25, 0.3) is 5.91 Å². The number of fused-ring (bicyclic) bond motifs is 2. The maximum absolute atomic E-state index is 12.1. The highest BCUT2D eigenvalue weighted by molar-refractivity contribution is 7.80. The number of hydrogen-bond donors (Lipinski definition) is 3. The fourth-order valence-corrected chi connectivity index (χ4v) is 3.00. The van der Waals surface area contributed by atoms with Gasteiger partial charge in [0, 0.05) is 13.0 Å². The average molecular weight is 350 g/mol. The molecule has 2 atom stereocenters. The van der Waals surface area contributed by atoms with Crippen LogP contribution in [-0.2, 0) is 24.3 Å². The Hall–Kier alpha value is -1.92. The third-order valence-electron chi connectivity index (χ3n) is 3.60. The highest BCUT2D eigenvalue weighted by atomic mass is 32.3. The Kier molecular flexibility index (Phi) is 5.06. The summed E-state index contributed by atoms with van der Waals surface area (Å²) in [5.41, 5.74) is 4.49. The Morgan fingerprint density at radius 2 is 2.04 bits per heavy atom. The molecule has 2 aliphatic heterocycles. The van der Waals surface area contributed by atoms with E-state index in [1.807, 2.05) is 6.92 Å². The number of rotatable bonds is 5. The van der Waals surface area contributed by atoms with Crippen LogP contribution in [0.25, 0.3) is 0 Å². The van der Waals surface area contributed by atoms with Crippen molar-refractivity contribution in [2.45, 2.75) is 44.7 Å². The molecule has 23 heavy (non-hydrogen) atoms. The van der Waals surface area contributed by atoms with Gasteiger partial charge in [0.15, 0.2) is 0 Å². The van der Waals surface area contributed by atoms with Crippen LogP contribution in [-0.4, -0.2) is 59.4 Å². The summed E-state index contributed by atoms with van der Waals surface area (Å²) < 4.78 is 34.5. The summed E-state index contributed by atoms with van der Waals surface area (Å²) in [4.78, 5) is 36.7. The lowest BCUT2D eigenvalue weighted by Crippen LogP contribution is -2.54. The molecule has 0 aromatic heterocycles. The first-order valence-electron chi connectivity index (χ1n) is 7.08. The molecular weight excluding hydrogens is 332 g/mol. The molecule has 2 aliphatic rings. The molecule has 0 saturated carbocycles. The molecule has 12 heteroatoms. The molecule has 0 radical (unpaired) electrons. The van der Waals surface area contributed by atoms with E-state index in [0.29, 0.717) is 17.9 Å². The van der Waals surface area contributed by atoms with E-state index in [2.05, 4.69) is 15.1 Å². The van der Waals surface area contributed by atoms with Crippen molar-refractivity contribution in [1.82, 2.24) is 20.8 Å². The third-order valence-corrected chi connectivity index (χ3v) is 3.95. The highest BCUT2D eigenvalue weighted by Gasteiger charge is 2.49. The monoisotopic (exact) mass is 350 g/mol. The summed E-state index contributed by atoms with van der Waals surface area (Å²) in [6.45, 7) is 1.91. The van der Waals surface area contributed by atoms with E-state index in [0.717, 1.165) is 4.90 Å². The molecule has 0 aromatic rings. The fraction of sp³-hybridized carbons (Fsp3) is 0.727. The van der Waals surface area contributed by atoms with Gasteiger partial charge in [-0.3, -0.25) is 25.0 Å². The largest absolute Gasteiger partial charge is 0.418 e. The fourth-order valence-electron chi connectivity index (χ4n) is 2.61. The number of nitrogens with zero attached hydrogens (tertiary/aromatic N) is 2.